The minimum Gasteiger partial charge on any atom is -0.497 e. The van der Waals surface area contributed by atoms with Crippen molar-refractivity contribution in [2.75, 3.05) is 12.9 Å². The molecule has 1 aliphatic carbocycles. The molecule has 0 aromatic heterocycles. The van der Waals surface area contributed by atoms with Crippen molar-refractivity contribution in [2.45, 2.75) is 25.0 Å². The third-order valence-electron chi connectivity index (χ3n) is 3.52. The lowest BCUT2D eigenvalue weighted by Gasteiger charge is -2.13. The van der Waals surface area contributed by atoms with E-state index in [9.17, 15) is 9.00 Å². The number of rotatable bonds is 7. The molecule has 0 heterocycles. The van der Waals surface area contributed by atoms with Crippen LogP contribution in [-0.4, -0.2) is 28.1 Å². The minimum atomic E-state index is -1.06. The van der Waals surface area contributed by atoms with Crippen LogP contribution in [0.3, 0.4) is 0 Å². The number of halogens is 1. The van der Waals surface area contributed by atoms with Crippen LogP contribution in [0, 0.1) is 5.41 Å². The van der Waals surface area contributed by atoms with E-state index in [4.69, 9.17) is 9.84 Å². The zero-order chi connectivity index (χ0) is 14.8. The van der Waals surface area contributed by atoms with E-state index in [1.165, 1.54) is 0 Å². The van der Waals surface area contributed by atoms with Gasteiger partial charge in [-0.1, -0.05) is 15.9 Å². The minimum absolute atomic E-state index is 0.123. The Morgan fingerprint density at radius 2 is 2.20 bits per heavy atom. The first-order chi connectivity index (χ1) is 9.44. The highest BCUT2D eigenvalue weighted by atomic mass is 79.9. The zero-order valence-electron chi connectivity index (χ0n) is 11.2. The van der Waals surface area contributed by atoms with E-state index in [0.717, 1.165) is 28.6 Å². The van der Waals surface area contributed by atoms with Gasteiger partial charge in [-0.25, -0.2) is 0 Å². The van der Waals surface area contributed by atoms with Crippen LogP contribution in [0.5, 0.6) is 5.75 Å². The molecule has 2 rings (SSSR count). The summed E-state index contributed by atoms with van der Waals surface area (Å²) >= 11 is 3.44. The summed E-state index contributed by atoms with van der Waals surface area (Å²) in [6.07, 6.45) is 1.85. The van der Waals surface area contributed by atoms with Crippen molar-refractivity contribution in [1.82, 2.24) is 0 Å². The van der Waals surface area contributed by atoms with Gasteiger partial charge in [0.2, 0.25) is 0 Å². The number of methoxy groups -OCH3 is 1. The highest BCUT2D eigenvalue weighted by Crippen LogP contribution is 2.49. The van der Waals surface area contributed by atoms with Gasteiger partial charge in [-0.15, -0.1) is 0 Å². The first-order valence-electron chi connectivity index (χ1n) is 6.33. The van der Waals surface area contributed by atoms with Crippen molar-refractivity contribution in [3.05, 3.63) is 28.2 Å². The zero-order valence-corrected chi connectivity index (χ0v) is 13.6. The first kappa shape index (κ1) is 15.5. The molecule has 1 aromatic rings. The van der Waals surface area contributed by atoms with E-state index in [-0.39, 0.29) is 11.8 Å². The highest BCUT2D eigenvalue weighted by Gasteiger charge is 2.45. The summed E-state index contributed by atoms with van der Waals surface area (Å²) in [5, 5.41) is 8.88. The molecule has 1 aliphatic rings. The van der Waals surface area contributed by atoms with E-state index in [0.29, 0.717) is 11.5 Å². The molecule has 1 atom stereocenters. The maximum Gasteiger partial charge on any atom is 0.303 e. The van der Waals surface area contributed by atoms with Crippen molar-refractivity contribution in [2.24, 2.45) is 5.41 Å². The molecule has 1 aromatic carbocycles. The number of carbonyl (C=O) groups is 1. The van der Waals surface area contributed by atoms with Gasteiger partial charge in [-0.3, -0.25) is 9.00 Å². The van der Waals surface area contributed by atoms with Crippen LogP contribution < -0.4 is 4.74 Å². The fourth-order valence-electron chi connectivity index (χ4n) is 2.22. The molecule has 1 unspecified atom stereocenters. The number of carboxylic acid groups (broad SMARTS) is 1. The standard InChI is InChI=1S/C14H17BrO4S/c1-19-11-2-3-12(15)10(6-11)8-20(18)9-14(4-5-14)7-13(16)17/h2-3,6H,4-5,7-9H2,1H3,(H,16,17). The summed E-state index contributed by atoms with van der Waals surface area (Å²) in [4.78, 5) is 10.8. The smallest absolute Gasteiger partial charge is 0.303 e. The number of benzene rings is 1. The molecule has 0 saturated heterocycles. The van der Waals surface area contributed by atoms with E-state index >= 15 is 0 Å². The topological polar surface area (TPSA) is 63.6 Å². The lowest BCUT2D eigenvalue weighted by atomic mass is 10.1. The Kier molecular flexibility index (Phi) is 4.86. The van der Waals surface area contributed by atoms with Crippen LogP contribution in [-0.2, 0) is 21.3 Å². The number of aliphatic carboxylic acids is 1. The molecule has 6 heteroatoms. The lowest BCUT2D eigenvalue weighted by Crippen LogP contribution is -2.17. The Labute approximate surface area is 129 Å². The number of carboxylic acids is 1. The molecule has 0 spiro atoms. The molecule has 0 amide bonds. The lowest BCUT2D eigenvalue weighted by molar-refractivity contribution is -0.138. The average molecular weight is 361 g/mol. The Bertz CT molecular complexity index is 540. The highest BCUT2D eigenvalue weighted by molar-refractivity contribution is 9.10. The average Bonchev–Trinajstić information content (AvgIpc) is 3.10. The molecule has 20 heavy (non-hydrogen) atoms. The summed E-state index contributed by atoms with van der Waals surface area (Å²) in [7, 11) is 0.529. The van der Waals surface area contributed by atoms with Crippen molar-refractivity contribution in [3.63, 3.8) is 0 Å². The van der Waals surface area contributed by atoms with Gasteiger partial charge in [-0.05, 0) is 42.0 Å². The molecule has 0 radical (unpaired) electrons. The van der Waals surface area contributed by atoms with Crippen LogP contribution in [0.4, 0.5) is 0 Å². The third-order valence-corrected chi connectivity index (χ3v) is 5.86. The molecule has 4 nitrogen and oxygen atoms in total. The van der Waals surface area contributed by atoms with Crippen molar-refractivity contribution in [1.29, 1.82) is 0 Å². The Hall–Kier alpha value is -0.880. The van der Waals surface area contributed by atoms with Crippen LogP contribution in [0.25, 0.3) is 0 Å². The van der Waals surface area contributed by atoms with Crippen LogP contribution in [0.15, 0.2) is 22.7 Å². The van der Waals surface area contributed by atoms with Gasteiger partial charge >= 0.3 is 5.97 Å². The molecular formula is C14H17BrO4S. The predicted molar refractivity (Wildman–Crippen MR) is 81.3 cm³/mol. The fraction of sp³-hybridized carbons (Fsp3) is 0.500. The van der Waals surface area contributed by atoms with E-state index in [1.807, 2.05) is 18.2 Å². The van der Waals surface area contributed by atoms with E-state index in [1.54, 1.807) is 7.11 Å². The maximum atomic E-state index is 12.3. The van der Waals surface area contributed by atoms with E-state index in [2.05, 4.69) is 15.9 Å². The molecule has 0 bridgehead atoms. The van der Waals surface area contributed by atoms with Crippen molar-refractivity contribution in [3.8, 4) is 5.75 Å². The van der Waals surface area contributed by atoms with Crippen molar-refractivity contribution < 1.29 is 18.8 Å². The summed E-state index contributed by atoms with van der Waals surface area (Å²) in [6.45, 7) is 0. The molecular weight excluding hydrogens is 344 g/mol. The van der Waals surface area contributed by atoms with Gasteiger partial charge in [0.1, 0.15) is 5.75 Å². The second-order valence-corrected chi connectivity index (χ2v) is 7.57. The van der Waals surface area contributed by atoms with Crippen LogP contribution >= 0.6 is 15.9 Å². The monoisotopic (exact) mass is 360 g/mol. The van der Waals surface area contributed by atoms with Gasteiger partial charge < -0.3 is 9.84 Å². The number of hydrogen-bond donors (Lipinski definition) is 1. The van der Waals surface area contributed by atoms with Gasteiger partial charge in [0.05, 0.1) is 13.5 Å². The van der Waals surface area contributed by atoms with Crippen molar-refractivity contribution >= 4 is 32.7 Å². The summed E-state index contributed by atoms with van der Waals surface area (Å²) in [5.41, 5.74) is 0.691. The molecule has 1 N–H and O–H groups in total. The van der Waals surface area contributed by atoms with Crippen LogP contribution in [0.1, 0.15) is 24.8 Å². The molecule has 110 valence electrons. The fourth-order valence-corrected chi connectivity index (χ4v) is 4.56. The normalized spacial score (nSPS) is 17.5. The number of hydrogen-bond acceptors (Lipinski definition) is 3. The summed E-state index contributed by atoms with van der Waals surface area (Å²) < 4.78 is 18.3. The molecule has 1 saturated carbocycles. The Balaban J connectivity index is 2.00. The van der Waals surface area contributed by atoms with Gasteiger partial charge in [-0.2, -0.15) is 0 Å². The second kappa shape index (κ2) is 6.26. The molecule has 0 aliphatic heterocycles. The number of ether oxygens (including phenoxy) is 1. The second-order valence-electron chi connectivity index (χ2n) is 5.26. The summed E-state index contributed by atoms with van der Waals surface area (Å²) in [6, 6.07) is 5.57. The largest absolute Gasteiger partial charge is 0.497 e. The van der Waals surface area contributed by atoms with E-state index < -0.39 is 16.8 Å². The molecule has 1 fully saturated rings. The quantitative estimate of drug-likeness (QED) is 0.811. The SMILES string of the molecule is COc1ccc(Br)c(CS(=O)CC2(CC(=O)O)CC2)c1. The summed E-state index contributed by atoms with van der Waals surface area (Å²) in [5.74, 6) is 0.802. The predicted octanol–water partition coefficient (Wildman–Crippen LogP) is 2.96. The van der Waals surface area contributed by atoms with Gasteiger partial charge in [0, 0.05) is 26.8 Å². The van der Waals surface area contributed by atoms with Crippen LogP contribution in [0.2, 0.25) is 0 Å². The Morgan fingerprint density at radius 3 is 2.75 bits per heavy atom. The van der Waals surface area contributed by atoms with Gasteiger partial charge in [0.25, 0.3) is 0 Å². The van der Waals surface area contributed by atoms with Gasteiger partial charge in [0.15, 0.2) is 0 Å². The maximum absolute atomic E-state index is 12.3. The Morgan fingerprint density at radius 1 is 1.50 bits per heavy atom. The first-order valence-corrected chi connectivity index (χ1v) is 8.61. The third kappa shape index (κ3) is 4.06.